The van der Waals surface area contributed by atoms with Crippen molar-refractivity contribution in [3.63, 3.8) is 0 Å². The first kappa shape index (κ1) is 21.0. The van der Waals surface area contributed by atoms with Crippen molar-refractivity contribution in [2.45, 2.75) is 25.7 Å². The molecule has 1 aliphatic rings. The van der Waals surface area contributed by atoms with E-state index in [1.807, 2.05) is 5.38 Å². The van der Waals surface area contributed by atoms with Crippen molar-refractivity contribution in [2.75, 3.05) is 32.0 Å². The second kappa shape index (κ2) is 9.26. The van der Waals surface area contributed by atoms with Gasteiger partial charge in [-0.2, -0.15) is 0 Å². The van der Waals surface area contributed by atoms with Crippen LogP contribution in [0.5, 0.6) is 17.2 Å². The number of urea groups is 1. The molecule has 0 aliphatic heterocycles. The second-order valence-corrected chi connectivity index (χ2v) is 8.08. The van der Waals surface area contributed by atoms with Crippen LogP contribution in [0.25, 0.3) is 11.3 Å². The maximum Gasteiger partial charge on any atom is 0.325 e. The van der Waals surface area contributed by atoms with Crippen molar-refractivity contribution in [3.05, 3.63) is 46.8 Å². The number of amides is 2. The lowest BCUT2D eigenvalue weighted by Gasteiger charge is -2.16. The number of carbonyl (C=O) groups excluding carboxylic acids is 1. The Morgan fingerprint density at radius 3 is 2.32 bits per heavy atom. The Kier molecular flexibility index (Phi) is 6.27. The van der Waals surface area contributed by atoms with Crippen LogP contribution in [0.15, 0.2) is 35.7 Å². The van der Waals surface area contributed by atoms with Crippen LogP contribution in [0.2, 0.25) is 0 Å². The molecule has 0 spiro atoms. The summed E-state index contributed by atoms with van der Waals surface area (Å²) in [4.78, 5) is 17.1. The van der Waals surface area contributed by atoms with E-state index >= 15 is 0 Å². The van der Waals surface area contributed by atoms with Crippen molar-refractivity contribution >= 4 is 28.2 Å². The van der Waals surface area contributed by atoms with Crippen molar-refractivity contribution < 1.29 is 19.0 Å². The lowest BCUT2D eigenvalue weighted by atomic mass is 9.90. The largest absolute Gasteiger partial charge is 0.493 e. The summed E-state index contributed by atoms with van der Waals surface area (Å²) in [6, 6.07) is 9.47. The second-order valence-electron chi connectivity index (χ2n) is 7.22. The highest BCUT2D eigenvalue weighted by molar-refractivity contribution is 7.14. The summed E-state index contributed by atoms with van der Waals surface area (Å²) in [5, 5.41) is 8.06. The highest BCUT2D eigenvalue weighted by Crippen LogP contribution is 2.40. The van der Waals surface area contributed by atoms with Crippen LogP contribution in [0.4, 0.5) is 15.6 Å². The molecule has 0 saturated heterocycles. The molecule has 1 aliphatic carbocycles. The van der Waals surface area contributed by atoms with Crippen molar-refractivity contribution in [3.8, 4) is 28.5 Å². The normalized spacial score (nSPS) is 12.6. The van der Waals surface area contributed by atoms with E-state index in [1.165, 1.54) is 56.6 Å². The van der Waals surface area contributed by atoms with Gasteiger partial charge in [0.25, 0.3) is 0 Å². The molecule has 8 heteroatoms. The maximum atomic E-state index is 12.5. The third-order valence-corrected chi connectivity index (χ3v) is 6.05. The average molecular weight is 440 g/mol. The van der Waals surface area contributed by atoms with Gasteiger partial charge in [0.15, 0.2) is 16.6 Å². The van der Waals surface area contributed by atoms with Gasteiger partial charge in [-0.25, -0.2) is 9.78 Å². The maximum absolute atomic E-state index is 12.5. The summed E-state index contributed by atoms with van der Waals surface area (Å²) in [7, 11) is 4.58. The van der Waals surface area contributed by atoms with E-state index in [-0.39, 0.29) is 0 Å². The molecule has 0 atom stereocenters. The molecule has 2 aromatic carbocycles. The van der Waals surface area contributed by atoms with Gasteiger partial charge in [0.1, 0.15) is 0 Å². The molecule has 0 radical (unpaired) electrons. The highest BCUT2D eigenvalue weighted by atomic mass is 32.1. The van der Waals surface area contributed by atoms with Gasteiger partial charge in [-0.15, -0.1) is 11.3 Å². The number of benzene rings is 2. The number of ether oxygens (including phenoxy) is 3. The fraction of sp³-hybridized carbons (Fsp3) is 0.304. The molecule has 31 heavy (non-hydrogen) atoms. The summed E-state index contributed by atoms with van der Waals surface area (Å²) in [6.45, 7) is 0. The molecule has 3 aromatic rings. The van der Waals surface area contributed by atoms with Crippen LogP contribution in [0.3, 0.4) is 0 Å². The zero-order valence-electron chi connectivity index (χ0n) is 17.8. The molecule has 1 aromatic heterocycles. The minimum absolute atomic E-state index is 0.402. The van der Waals surface area contributed by atoms with Crippen LogP contribution in [-0.4, -0.2) is 32.3 Å². The highest BCUT2D eigenvalue weighted by Gasteiger charge is 2.16. The van der Waals surface area contributed by atoms with Crippen LogP contribution in [-0.2, 0) is 12.8 Å². The third-order valence-electron chi connectivity index (χ3n) is 5.29. The van der Waals surface area contributed by atoms with Gasteiger partial charge in [-0.3, -0.25) is 5.32 Å². The fourth-order valence-corrected chi connectivity index (χ4v) is 4.48. The van der Waals surface area contributed by atoms with E-state index in [0.717, 1.165) is 24.1 Å². The minimum Gasteiger partial charge on any atom is -0.493 e. The van der Waals surface area contributed by atoms with E-state index in [1.54, 1.807) is 12.1 Å². The number of nitrogens with zero attached hydrogens (tertiary/aromatic N) is 1. The van der Waals surface area contributed by atoms with Crippen molar-refractivity contribution in [1.82, 2.24) is 4.98 Å². The molecule has 0 saturated carbocycles. The van der Waals surface area contributed by atoms with E-state index in [2.05, 4.69) is 33.8 Å². The topological polar surface area (TPSA) is 81.7 Å². The molecule has 1 heterocycles. The van der Waals surface area contributed by atoms with Crippen molar-refractivity contribution in [2.24, 2.45) is 0 Å². The fourth-order valence-electron chi connectivity index (χ4n) is 3.77. The monoisotopic (exact) mass is 439 g/mol. The average Bonchev–Trinajstić information content (AvgIpc) is 3.26. The van der Waals surface area contributed by atoms with E-state index in [4.69, 9.17) is 14.2 Å². The number of fused-ring (bicyclic) bond motifs is 1. The smallest absolute Gasteiger partial charge is 0.325 e. The quantitative estimate of drug-likeness (QED) is 0.540. The van der Waals surface area contributed by atoms with Gasteiger partial charge < -0.3 is 19.5 Å². The van der Waals surface area contributed by atoms with E-state index < -0.39 is 6.03 Å². The number of hydrogen-bond donors (Lipinski definition) is 2. The number of methoxy groups -OCH3 is 3. The van der Waals surface area contributed by atoms with Gasteiger partial charge >= 0.3 is 6.03 Å². The molecule has 162 valence electrons. The predicted octanol–water partition coefficient (Wildman–Crippen LogP) is 5.36. The summed E-state index contributed by atoms with van der Waals surface area (Å²) in [5.41, 5.74) is 5.30. The van der Waals surface area contributed by atoms with Crippen LogP contribution < -0.4 is 24.8 Å². The molecule has 4 rings (SSSR count). The van der Waals surface area contributed by atoms with E-state index in [9.17, 15) is 4.79 Å². The minimum atomic E-state index is -0.402. The summed E-state index contributed by atoms with van der Waals surface area (Å²) < 4.78 is 16.0. The van der Waals surface area contributed by atoms with Gasteiger partial charge in [-0.05, 0) is 42.9 Å². The number of thiazole rings is 1. The zero-order valence-corrected chi connectivity index (χ0v) is 18.6. The zero-order chi connectivity index (χ0) is 21.8. The summed E-state index contributed by atoms with van der Waals surface area (Å²) in [5.74, 6) is 1.38. The molecule has 0 fully saturated rings. The number of aryl methyl sites for hydroxylation is 2. The Labute approximate surface area is 185 Å². The van der Waals surface area contributed by atoms with Crippen molar-refractivity contribution in [1.29, 1.82) is 0 Å². The standard InChI is InChI=1S/C23H25N3O4S/c1-28-19-11-17(12-20(29-2)21(19)30-3)24-22(27)26-23-25-18(13-31-23)16-9-8-14-6-4-5-7-15(14)10-16/h8-13H,4-7H2,1-3H3,(H2,24,25,26,27). The lowest BCUT2D eigenvalue weighted by molar-refractivity contribution is 0.262. The lowest BCUT2D eigenvalue weighted by Crippen LogP contribution is -2.19. The first-order chi connectivity index (χ1) is 15.1. The number of rotatable bonds is 6. The Hall–Kier alpha value is -3.26. The Balaban J connectivity index is 1.46. The first-order valence-electron chi connectivity index (χ1n) is 10.1. The summed E-state index contributed by atoms with van der Waals surface area (Å²) >= 11 is 1.39. The molecule has 2 amide bonds. The molecule has 2 N–H and O–H groups in total. The number of nitrogens with one attached hydrogen (secondary N) is 2. The summed E-state index contributed by atoms with van der Waals surface area (Å²) in [6.07, 6.45) is 4.77. The first-order valence-corrected chi connectivity index (χ1v) is 10.9. The van der Waals surface area contributed by atoms with Gasteiger partial charge in [0, 0.05) is 23.1 Å². The third kappa shape index (κ3) is 4.59. The number of hydrogen-bond acceptors (Lipinski definition) is 6. The Morgan fingerprint density at radius 1 is 0.935 bits per heavy atom. The van der Waals surface area contributed by atoms with E-state index in [0.29, 0.717) is 28.1 Å². The number of anilines is 2. The van der Waals surface area contributed by atoms with Crippen LogP contribution >= 0.6 is 11.3 Å². The van der Waals surface area contributed by atoms with Gasteiger partial charge in [-0.1, -0.05) is 12.1 Å². The Morgan fingerprint density at radius 2 is 1.65 bits per heavy atom. The van der Waals surface area contributed by atoms with Crippen LogP contribution in [0, 0.1) is 0 Å². The number of aromatic nitrogens is 1. The molecular formula is C23H25N3O4S. The molecule has 7 nitrogen and oxygen atoms in total. The molecule has 0 unspecified atom stereocenters. The number of carbonyl (C=O) groups is 1. The Bertz CT molecular complexity index is 1070. The van der Waals surface area contributed by atoms with Gasteiger partial charge in [0.05, 0.1) is 32.7 Å². The van der Waals surface area contributed by atoms with Gasteiger partial charge in [0.2, 0.25) is 5.75 Å². The molecule has 0 bridgehead atoms. The van der Waals surface area contributed by atoms with Crippen LogP contribution in [0.1, 0.15) is 24.0 Å². The molecular weight excluding hydrogens is 414 g/mol. The SMILES string of the molecule is COc1cc(NC(=O)Nc2nc(-c3ccc4c(c3)CCCC4)cs2)cc(OC)c1OC. The predicted molar refractivity (Wildman–Crippen MR) is 123 cm³/mol.